The third-order valence-electron chi connectivity index (χ3n) is 3.93. The number of thiocarbonyl (C=S) groups is 1. The number of rotatable bonds is 3. The maximum atomic E-state index is 12.9. The number of methoxy groups -OCH3 is 1. The van der Waals surface area contributed by atoms with Crippen LogP contribution in [0.5, 0.6) is 5.75 Å². The van der Waals surface area contributed by atoms with E-state index in [9.17, 15) is 9.59 Å². The van der Waals surface area contributed by atoms with E-state index in [0.717, 1.165) is 5.56 Å². The Morgan fingerprint density at radius 2 is 1.70 bits per heavy atom. The lowest BCUT2D eigenvalue weighted by molar-refractivity contribution is -0.122. The molecule has 0 saturated carbocycles. The third-order valence-corrected chi connectivity index (χ3v) is 4.78. The van der Waals surface area contributed by atoms with Crippen LogP contribution in [0.1, 0.15) is 11.1 Å². The second-order valence-electron chi connectivity index (χ2n) is 5.81. The van der Waals surface area contributed by atoms with Gasteiger partial charge in [-0.1, -0.05) is 40.9 Å². The van der Waals surface area contributed by atoms with E-state index < -0.39 is 11.8 Å². The fourth-order valence-electron chi connectivity index (χ4n) is 2.61. The molecule has 0 aromatic heterocycles. The summed E-state index contributed by atoms with van der Waals surface area (Å²) in [6.45, 7) is 1.93. The van der Waals surface area contributed by atoms with Gasteiger partial charge in [0.2, 0.25) is 0 Å². The van der Waals surface area contributed by atoms with Crippen LogP contribution >= 0.6 is 35.4 Å². The van der Waals surface area contributed by atoms with Gasteiger partial charge < -0.3 is 4.74 Å². The largest absolute Gasteiger partial charge is 0.494 e. The summed E-state index contributed by atoms with van der Waals surface area (Å²) >= 11 is 17.4. The van der Waals surface area contributed by atoms with Gasteiger partial charge in [0.25, 0.3) is 11.8 Å². The second kappa shape index (κ2) is 7.68. The summed E-state index contributed by atoms with van der Waals surface area (Å²) in [6, 6.07) is 10.3. The standard InChI is InChI=1S/C19H14Cl2N2O3S/c1-10-3-5-12(6-4-10)23-18(25)13(17(24)22-19(23)27)7-11-8-14(20)16(26-2)15(21)9-11/h3-9H,1-2H3,(H,22,24,27)/b13-7-. The number of anilines is 1. The average molecular weight is 421 g/mol. The van der Waals surface area contributed by atoms with E-state index in [-0.39, 0.29) is 20.7 Å². The van der Waals surface area contributed by atoms with Gasteiger partial charge in [-0.05, 0) is 55.0 Å². The minimum atomic E-state index is -0.587. The molecule has 2 aromatic carbocycles. The molecule has 2 aromatic rings. The monoisotopic (exact) mass is 420 g/mol. The molecule has 0 radical (unpaired) electrons. The molecule has 1 heterocycles. The number of halogens is 2. The number of carbonyl (C=O) groups excluding carboxylic acids is 2. The first kappa shape index (κ1) is 19.4. The van der Waals surface area contributed by atoms with Crippen molar-refractivity contribution in [2.24, 2.45) is 0 Å². The van der Waals surface area contributed by atoms with Crippen LogP contribution in [-0.4, -0.2) is 24.0 Å². The molecule has 5 nitrogen and oxygen atoms in total. The van der Waals surface area contributed by atoms with Crippen molar-refractivity contribution in [3.63, 3.8) is 0 Å². The highest BCUT2D eigenvalue weighted by atomic mass is 35.5. The van der Waals surface area contributed by atoms with Crippen LogP contribution in [0.2, 0.25) is 10.0 Å². The van der Waals surface area contributed by atoms with Crippen molar-refractivity contribution in [3.8, 4) is 5.75 Å². The van der Waals surface area contributed by atoms with Crippen LogP contribution in [-0.2, 0) is 9.59 Å². The third kappa shape index (κ3) is 3.83. The average Bonchev–Trinajstić information content (AvgIpc) is 2.60. The Morgan fingerprint density at radius 1 is 1.11 bits per heavy atom. The SMILES string of the molecule is COc1c(Cl)cc(/C=C2/C(=O)NC(=S)N(c3ccc(C)cc3)C2=O)cc1Cl. The molecule has 138 valence electrons. The quantitative estimate of drug-likeness (QED) is 0.460. The first-order valence-electron chi connectivity index (χ1n) is 7.83. The molecule has 1 aliphatic rings. The molecule has 0 bridgehead atoms. The van der Waals surface area contributed by atoms with Crippen molar-refractivity contribution in [1.29, 1.82) is 0 Å². The Morgan fingerprint density at radius 3 is 2.26 bits per heavy atom. The lowest BCUT2D eigenvalue weighted by atomic mass is 10.1. The number of ether oxygens (including phenoxy) is 1. The molecule has 27 heavy (non-hydrogen) atoms. The van der Waals surface area contributed by atoms with Gasteiger partial charge >= 0.3 is 0 Å². The number of aryl methyl sites for hydroxylation is 1. The highest BCUT2D eigenvalue weighted by Gasteiger charge is 2.34. The smallest absolute Gasteiger partial charge is 0.270 e. The van der Waals surface area contributed by atoms with Gasteiger partial charge in [-0.15, -0.1) is 0 Å². The molecule has 0 spiro atoms. The normalized spacial score (nSPS) is 15.9. The Hall–Kier alpha value is -2.41. The lowest BCUT2D eigenvalue weighted by Crippen LogP contribution is -2.54. The Balaban J connectivity index is 2.03. The number of amides is 2. The van der Waals surface area contributed by atoms with Crippen molar-refractivity contribution in [3.05, 3.63) is 63.1 Å². The molecular formula is C19H14Cl2N2O3S. The molecule has 0 atom stereocenters. The van der Waals surface area contributed by atoms with Crippen molar-refractivity contribution >= 4 is 64.1 Å². The highest BCUT2D eigenvalue weighted by Crippen LogP contribution is 2.34. The molecule has 3 rings (SSSR count). The summed E-state index contributed by atoms with van der Waals surface area (Å²) < 4.78 is 5.11. The molecule has 1 fully saturated rings. The number of hydrogen-bond acceptors (Lipinski definition) is 4. The van der Waals surface area contributed by atoms with Crippen molar-refractivity contribution in [2.75, 3.05) is 12.0 Å². The number of carbonyl (C=O) groups is 2. The van der Waals surface area contributed by atoms with Gasteiger partial charge in [0.15, 0.2) is 10.9 Å². The van der Waals surface area contributed by atoms with Crippen LogP contribution in [0.3, 0.4) is 0 Å². The molecule has 2 amide bonds. The highest BCUT2D eigenvalue weighted by molar-refractivity contribution is 7.80. The van der Waals surface area contributed by atoms with E-state index in [2.05, 4.69) is 5.32 Å². The number of hydrogen-bond donors (Lipinski definition) is 1. The van der Waals surface area contributed by atoms with Crippen molar-refractivity contribution < 1.29 is 14.3 Å². The summed E-state index contributed by atoms with van der Waals surface area (Å²) in [5.74, 6) is -0.797. The molecule has 0 unspecified atom stereocenters. The molecule has 1 N–H and O–H groups in total. The van der Waals surface area contributed by atoms with Gasteiger partial charge in [-0.25, -0.2) is 0 Å². The summed E-state index contributed by atoms with van der Waals surface area (Å²) in [5.41, 5.74) is 2.01. The molecule has 8 heteroatoms. The predicted molar refractivity (Wildman–Crippen MR) is 110 cm³/mol. The number of nitrogens with one attached hydrogen (secondary N) is 1. The number of nitrogens with zero attached hydrogens (tertiary/aromatic N) is 1. The first-order valence-corrected chi connectivity index (χ1v) is 8.99. The Kier molecular flexibility index (Phi) is 5.51. The summed E-state index contributed by atoms with van der Waals surface area (Å²) in [4.78, 5) is 26.6. The van der Waals surface area contributed by atoms with E-state index in [1.165, 1.54) is 18.1 Å². The fraction of sp³-hybridized carbons (Fsp3) is 0.105. The summed E-state index contributed by atoms with van der Waals surface area (Å²) in [6.07, 6.45) is 1.41. The van der Waals surface area contributed by atoms with Crippen LogP contribution in [0, 0.1) is 6.92 Å². The van der Waals surface area contributed by atoms with E-state index in [1.807, 2.05) is 19.1 Å². The Bertz CT molecular complexity index is 964. The minimum Gasteiger partial charge on any atom is -0.494 e. The predicted octanol–water partition coefficient (Wildman–Crippen LogP) is 4.14. The molecule has 0 aliphatic carbocycles. The molecule has 1 saturated heterocycles. The zero-order valence-electron chi connectivity index (χ0n) is 14.4. The summed E-state index contributed by atoms with van der Waals surface area (Å²) in [5, 5.41) is 3.10. The van der Waals surface area contributed by atoms with Crippen molar-refractivity contribution in [2.45, 2.75) is 6.92 Å². The zero-order valence-corrected chi connectivity index (χ0v) is 16.7. The minimum absolute atomic E-state index is 0.0248. The Labute approximate surface area is 171 Å². The maximum absolute atomic E-state index is 12.9. The van der Waals surface area contributed by atoms with E-state index >= 15 is 0 Å². The zero-order chi connectivity index (χ0) is 19.7. The van der Waals surface area contributed by atoms with Crippen LogP contribution in [0.25, 0.3) is 6.08 Å². The fourth-order valence-corrected chi connectivity index (χ4v) is 3.55. The van der Waals surface area contributed by atoms with Gasteiger partial charge in [-0.3, -0.25) is 19.8 Å². The van der Waals surface area contributed by atoms with Crippen LogP contribution in [0.15, 0.2) is 42.0 Å². The first-order chi connectivity index (χ1) is 12.8. The van der Waals surface area contributed by atoms with Gasteiger partial charge in [0.1, 0.15) is 5.57 Å². The van der Waals surface area contributed by atoms with Crippen LogP contribution in [0.4, 0.5) is 5.69 Å². The molecule has 1 aliphatic heterocycles. The van der Waals surface area contributed by atoms with E-state index in [0.29, 0.717) is 17.0 Å². The van der Waals surface area contributed by atoms with Crippen molar-refractivity contribution in [1.82, 2.24) is 5.32 Å². The second-order valence-corrected chi connectivity index (χ2v) is 7.01. The van der Waals surface area contributed by atoms with Gasteiger partial charge in [0, 0.05) is 0 Å². The maximum Gasteiger partial charge on any atom is 0.270 e. The van der Waals surface area contributed by atoms with E-state index in [1.54, 1.807) is 24.3 Å². The number of benzene rings is 2. The van der Waals surface area contributed by atoms with E-state index in [4.69, 9.17) is 40.2 Å². The summed E-state index contributed by atoms with van der Waals surface area (Å²) in [7, 11) is 1.45. The molecular weight excluding hydrogens is 407 g/mol. The lowest BCUT2D eigenvalue weighted by Gasteiger charge is -2.29. The topological polar surface area (TPSA) is 58.6 Å². The van der Waals surface area contributed by atoms with Crippen LogP contribution < -0.4 is 15.0 Å². The van der Waals surface area contributed by atoms with Gasteiger partial charge in [0.05, 0.1) is 22.8 Å². The van der Waals surface area contributed by atoms with Gasteiger partial charge in [-0.2, -0.15) is 0 Å².